The van der Waals surface area contributed by atoms with E-state index >= 15 is 0 Å². The molecule has 1 N–H and O–H groups in total. The summed E-state index contributed by atoms with van der Waals surface area (Å²) in [6.07, 6.45) is 0. The minimum atomic E-state index is -2.11. The molecule has 1 nitrogen and oxygen atoms in total. The second-order valence-electron chi connectivity index (χ2n) is 8.14. The maximum Gasteiger partial charge on any atom is -0.0624 e. The van der Waals surface area contributed by atoms with Gasteiger partial charge in [0.25, 0.3) is 0 Å². The largest absolute Gasteiger partial charge is 0.699 e. The molecule has 2 atom stereocenters. The molecule has 5 aromatic carbocycles. The van der Waals surface area contributed by atoms with E-state index in [1.54, 1.807) is 12.1 Å². The van der Waals surface area contributed by atoms with Crippen molar-refractivity contribution in [2.24, 2.45) is 0 Å². The van der Waals surface area contributed by atoms with Gasteiger partial charge in [-0.2, -0.15) is 0 Å². The van der Waals surface area contributed by atoms with Crippen LogP contribution < -0.4 is 0 Å². The first-order chi connectivity index (χ1) is 18.9. The van der Waals surface area contributed by atoms with Crippen molar-refractivity contribution in [1.82, 2.24) is 0 Å². The number of hydrogen-bond acceptors (Lipinski definition) is 0. The smallest absolute Gasteiger partial charge is 0.0624 e. The third-order valence-electron chi connectivity index (χ3n) is 5.41. The van der Waals surface area contributed by atoms with Crippen LogP contribution in [0.5, 0.6) is 0 Å². The first-order valence-corrected chi connectivity index (χ1v) is 24.3. The van der Waals surface area contributed by atoms with E-state index in [1.807, 2.05) is 42.5 Å². The van der Waals surface area contributed by atoms with Crippen LogP contribution in [0.2, 0.25) is 0 Å². The summed E-state index contributed by atoms with van der Waals surface area (Å²) in [6, 6.07) is 51.2. The molecule has 203 valence electrons. The molecule has 0 aromatic heterocycles. The number of benzene rings is 5. The van der Waals surface area contributed by atoms with Crippen molar-refractivity contribution in [3.05, 3.63) is 180 Å². The molecule has 0 saturated carbocycles. The average molecular weight is 783 g/mol. The summed E-state index contributed by atoms with van der Waals surface area (Å²) in [5.74, 6) is 0. The van der Waals surface area contributed by atoms with Crippen LogP contribution in [0, 0.1) is 0 Å². The van der Waals surface area contributed by atoms with Crippen molar-refractivity contribution < 1.29 is 14.2 Å². The standard InChI is InChI=1S/2C13H13P.C6H6N.3ClH.W/c2*14-13(11-7-3-1-4-8-11)12-9-5-2-6-10-12;7-6-4-2-1-3-5-6;;;;/h2*1-10,13H,14H2;1-5,7H;3*1H;/q;;-1;;;;+3/p-3. The van der Waals surface area contributed by atoms with Gasteiger partial charge in [0.05, 0.1) is 0 Å². The van der Waals surface area contributed by atoms with Crippen molar-refractivity contribution in [3.63, 3.8) is 0 Å². The average Bonchev–Trinajstić information content (AvgIpc) is 2.99. The van der Waals surface area contributed by atoms with Crippen LogP contribution in [0.3, 0.4) is 0 Å². The van der Waals surface area contributed by atoms with Gasteiger partial charge in [0.1, 0.15) is 0 Å². The molecule has 2 unspecified atom stereocenters. The van der Waals surface area contributed by atoms with E-state index in [2.05, 4.69) is 116 Å². The van der Waals surface area contributed by atoms with Gasteiger partial charge in [0, 0.05) is 11.3 Å². The minimum Gasteiger partial charge on any atom is -0.699 e. The molecule has 5 rings (SSSR count). The molecule has 0 radical (unpaired) electrons. The van der Waals surface area contributed by atoms with Crippen molar-refractivity contribution >= 4 is 52.4 Å². The Labute approximate surface area is 255 Å². The van der Waals surface area contributed by atoms with Gasteiger partial charge in [0.2, 0.25) is 0 Å². The third kappa shape index (κ3) is 14.5. The van der Waals surface area contributed by atoms with Gasteiger partial charge in [-0.15, -0.1) is 24.2 Å². The zero-order valence-corrected chi connectivity index (χ0v) is 28.8. The van der Waals surface area contributed by atoms with Gasteiger partial charge in [-0.25, -0.2) is 0 Å². The molecule has 0 aliphatic heterocycles. The van der Waals surface area contributed by atoms with E-state index in [0.29, 0.717) is 17.0 Å². The van der Waals surface area contributed by atoms with Gasteiger partial charge >= 0.3 is 42.4 Å². The molecular weight excluding hydrogens is 751 g/mol. The van der Waals surface area contributed by atoms with Gasteiger partial charge < -0.3 is 5.73 Å². The summed E-state index contributed by atoms with van der Waals surface area (Å²) in [6.45, 7) is 0. The zero-order chi connectivity index (χ0) is 28.3. The summed E-state index contributed by atoms with van der Waals surface area (Å²) < 4.78 is 0. The van der Waals surface area contributed by atoms with Crippen LogP contribution in [-0.2, 0) is 14.2 Å². The first-order valence-electron chi connectivity index (χ1n) is 12.1. The predicted molar refractivity (Wildman–Crippen MR) is 177 cm³/mol. The molecule has 0 aliphatic rings. The van der Waals surface area contributed by atoms with E-state index in [4.69, 9.17) is 34.0 Å². The molecule has 0 bridgehead atoms. The number of halogens is 3. The summed E-state index contributed by atoms with van der Waals surface area (Å²) in [4.78, 5) is 0. The third-order valence-corrected chi connectivity index (χ3v) is 6.95. The normalized spacial score (nSPS) is 9.95. The monoisotopic (exact) mass is 781 g/mol. The molecule has 39 heavy (non-hydrogen) atoms. The summed E-state index contributed by atoms with van der Waals surface area (Å²) in [5, 5.41) is 0. The Morgan fingerprint density at radius 3 is 0.744 bits per heavy atom. The van der Waals surface area contributed by atoms with E-state index < -0.39 is 14.2 Å². The first kappa shape index (κ1) is 33.5. The molecule has 0 saturated heterocycles. The Hall–Kier alpha value is -1.68. The maximum absolute atomic E-state index is 7.00. The molecular formula is C32H32Cl3NP2W-. The Morgan fingerprint density at radius 1 is 0.410 bits per heavy atom. The van der Waals surface area contributed by atoms with Gasteiger partial charge in [0.15, 0.2) is 0 Å². The molecule has 5 aromatic rings. The maximum atomic E-state index is 7.00. The van der Waals surface area contributed by atoms with E-state index in [1.165, 1.54) is 22.3 Å². The molecule has 0 heterocycles. The van der Waals surface area contributed by atoms with Gasteiger partial charge in [-0.3, -0.25) is 0 Å². The van der Waals surface area contributed by atoms with Crippen molar-refractivity contribution in [2.45, 2.75) is 11.3 Å². The van der Waals surface area contributed by atoms with Crippen LogP contribution in [-0.4, -0.2) is 0 Å². The Morgan fingerprint density at radius 2 is 0.590 bits per heavy atom. The van der Waals surface area contributed by atoms with Crippen LogP contribution in [0.15, 0.2) is 152 Å². The molecule has 0 aliphatic carbocycles. The SMILES string of the molecule is PC(c1ccccc1)c1ccccc1.PC(c1ccccc1)c1ccccc1.[Cl][W]([Cl])[Cl].[NH-]c1ccccc1. The van der Waals surface area contributed by atoms with E-state index in [9.17, 15) is 0 Å². The Balaban J connectivity index is 0.000000201. The topological polar surface area (TPSA) is 23.8 Å². The van der Waals surface area contributed by atoms with Crippen molar-refractivity contribution in [2.75, 3.05) is 0 Å². The van der Waals surface area contributed by atoms with Gasteiger partial charge in [-0.05, 0) is 22.3 Å². The Kier molecular flexibility index (Phi) is 17.4. The van der Waals surface area contributed by atoms with E-state index in [-0.39, 0.29) is 0 Å². The van der Waals surface area contributed by atoms with Crippen molar-refractivity contribution in [3.8, 4) is 0 Å². The van der Waals surface area contributed by atoms with E-state index in [0.717, 1.165) is 0 Å². The minimum absolute atomic E-state index is 0.400. The summed E-state index contributed by atoms with van der Waals surface area (Å²) >= 11 is -2.11. The number of nitrogens with one attached hydrogen (secondary N) is 1. The van der Waals surface area contributed by atoms with Crippen LogP contribution >= 0.6 is 46.7 Å². The fourth-order valence-corrected chi connectivity index (χ4v) is 4.35. The predicted octanol–water partition coefficient (Wildman–Crippen LogP) is 11.7. The molecule has 7 heteroatoms. The summed E-state index contributed by atoms with van der Waals surface area (Å²) in [5.41, 5.74) is 13.7. The fraction of sp³-hybridized carbons (Fsp3) is 0.0625. The molecule has 0 amide bonds. The second kappa shape index (κ2) is 20.2. The number of hydrogen-bond donors (Lipinski definition) is 0. The quantitative estimate of drug-likeness (QED) is 0.162. The summed E-state index contributed by atoms with van der Waals surface area (Å²) in [7, 11) is 20.8. The van der Waals surface area contributed by atoms with Crippen molar-refractivity contribution in [1.29, 1.82) is 0 Å². The fourth-order valence-electron chi connectivity index (χ4n) is 3.46. The van der Waals surface area contributed by atoms with Crippen LogP contribution in [0.1, 0.15) is 33.6 Å². The molecule has 0 fully saturated rings. The zero-order valence-electron chi connectivity index (χ0n) is 21.3. The number of rotatable bonds is 4. The van der Waals surface area contributed by atoms with Crippen LogP contribution in [0.25, 0.3) is 5.73 Å². The Bertz CT molecular complexity index is 1100. The molecule has 0 spiro atoms. The van der Waals surface area contributed by atoms with Gasteiger partial charge in [-0.1, -0.05) is 152 Å². The second-order valence-corrected chi connectivity index (χ2v) is 22.2. The van der Waals surface area contributed by atoms with Crippen LogP contribution in [0.4, 0.5) is 5.69 Å².